The lowest BCUT2D eigenvalue weighted by molar-refractivity contribution is 0.0719. The maximum absolute atomic E-state index is 13.1. The largest absolute Gasteiger partial charge is 0.357 e. The van der Waals surface area contributed by atoms with Crippen LogP contribution in [0.25, 0.3) is 11.1 Å². The van der Waals surface area contributed by atoms with Crippen LogP contribution in [-0.4, -0.2) is 28.9 Å². The predicted molar refractivity (Wildman–Crippen MR) is 81.0 cm³/mol. The number of hydrogen-bond acceptors (Lipinski definition) is 1. The summed E-state index contributed by atoms with van der Waals surface area (Å²) in [5.41, 5.74) is 2.06. The molecular weight excluding hydrogens is 291 g/mol. The number of aromatic nitrogens is 1. The molecule has 1 aliphatic rings. The third-order valence-corrected chi connectivity index (χ3v) is 4.11. The van der Waals surface area contributed by atoms with Crippen molar-refractivity contribution in [3.8, 4) is 11.1 Å². The van der Waals surface area contributed by atoms with Gasteiger partial charge in [0.25, 0.3) is 5.91 Å². The summed E-state index contributed by atoms with van der Waals surface area (Å²) in [6.45, 7) is 1.62. The highest BCUT2D eigenvalue weighted by atomic mass is 35.5. The van der Waals surface area contributed by atoms with Crippen molar-refractivity contribution in [1.29, 1.82) is 0 Å². The van der Waals surface area contributed by atoms with E-state index >= 15 is 0 Å². The second-order valence-electron chi connectivity index (χ2n) is 5.28. The van der Waals surface area contributed by atoms with E-state index in [0.717, 1.165) is 31.5 Å². The van der Waals surface area contributed by atoms with Crippen LogP contribution in [0, 0.1) is 5.82 Å². The molecule has 0 radical (unpaired) electrons. The zero-order valence-corrected chi connectivity index (χ0v) is 12.3. The lowest BCUT2D eigenvalue weighted by atomic mass is 10.1. The van der Waals surface area contributed by atoms with Crippen molar-refractivity contribution in [2.24, 2.45) is 0 Å². The molecule has 0 atom stereocenters. The van der Waals surface area contributed by atoms with Gasteiger partial charge in [0.2, 0.25) is 0 Å². The Morgan fingerprint density at radius 3 is 2.67 bits per heavy atom. The summed E-state index contributed by atoms with van der Waals surface area (Å²) in [7, 11) is 0. The van der Waals surface area contributed by atoms with E-state index in [0.29, 0.717) is 16.3 Å². The Morgan fingerprint density at radius 1 is 1.19 bits per heavy atom. The van der Waals surface area contributed by atoms with Crippen LogP contribution in [0.1, 0.15) is 29.8 Å². The fourth-order valence-electron chi connectivity index (χ4n) is 2.66. The Balaban J connectivity index is 1.84. The third-order valence-electron chi connectivity index (χ3n) is 3.80. The number of aromatic amines is 1. The van der Waals surface area contributed by atoms with Crippen molar-refractivity contribution in [1.82, 2.24) is 9.88 Å². The molecule has 2 aromatic rings. The monoisotopic (exact) mass is 306 g/mol. The minimum atomic E-state index is -0.371. The van der Waals surface area contributed by atoms with Crippen molar-refractivity contribution >= 4 is 17.5 Å². The second kappa shape index (κ2) is 5.90. The van der Waals surface area contributed by atoms with E-state index in [-0.39, 0.29) is 11.7 Å². The van der Waals surface area contributed by atoms with Gasteiger partial charge in [0.15, 0.2) is 0 Å². The summed E-state index contributed by atoms with van der Waals surface area (Å²) in [6.07, 6.45) is 5.04. The lowest BCUT2D eigenvalue weighted by Crippen LogP contribution is -2.35. The van der Waals surface area contributed by atoms with Gasteiger partial charge < -0.3 is 9.88 Å². The first-order valence-electron chi connectivity index (χ1n) is 7.08. The number of carbonyl (C=O) groups excluding carboxylic acids is 1. The Morgan fingerprint density at radius 2 is 1.95 bits per heavy atom. The fraction of sp³-hybridized carbons (Fsp3) is 0.312. The molecule has 3 rings (SSSR count). The molecule has 1 saturated heterocycles. The molecule has 1 fully saturated rings. The average Bonchev–Trinajstić information content (AvgIpc) is 2.97. The molecule has 0 spiro atoms. The van der Waals surface area contributed by atoms with Gasteiger partial charge in [-0.1, -0.05) is 11.6 Å². The quantitative estimate of drug-likeness (QED) is 0.891. The number of hydrogen-bond donors (Lipinski definition) is 1. The van der Waals surface area contributed by atoms with Crippen molar-refractivity contribution < 1.29 is 9.18 Å². The van der Waals surface area contributed by atoms with E-state index in [9.17, 15) is 9.18 Å². The van der Waals surface area contributed by atoms with Gasteiger partial charge in [-0.15, -0.1) is 0 Å². The maximum atomic E-state index is 13.1. The number of benzene rings is 1. The first-order chi connectivity index (χ1) is 10.1. The van der Waals surface area contributed by atoms with Crippen molar-refractivity contribution in [2.75, 3.05) is 13.1 Å². The van der Waals surface area contributed by atoms with E-state index < -0.39 is 0 Å². The van der Waals surface area contributed by atoms with Gasteiger partial charge in [-0.25, -0.2) is 4.39 Å². The van der Waals surface area contributed by atoms with E-state index in [1.54, 1.807) is 18.3 Å². The van der Waals surface area contributed by atoms with Crippen LogP contribution in [-0.2, 0) is 0 Å². The number of rotatable bonds is 2. The first kappa shape index (κ1) is 14.1. The first-order valence-corrected chi connectivity index (χ1v) is 7.46. The summed E-state index contributed by atoms with van der Waals surface area (Å²) in [6, 6.07) is 6.03. The molecule has 110 valence electrons. The number of nitrogens with zero attached hydrogens (tertiary/aromatic N) is 1. The van der Waals surface area contributed by atoms with Crippen LogP contribution >= 0.6 is 11.6 Å². The zero-order chi connectivity index (χ0) is 14.8. The van der Waals surface area contributed by atoms with Crippen LogP contribution < -0.4 is 0 Å². The minimum absolute atomic E-state index is 0.0131. The van der Waals surface area contributed by atoms with Gasteiger partial charge >= 0.3 is 0 Å². The van der Waals surface area contributed by atoms with Gasteiger partial charge in [0.1, 0.15) is 11.5 Å². The number of amides is 1. The van der Waals surface area contributed by atoms with Crippen molar-refractivity contribution in [2.45, 2.75) is 19.3 Å². The Hall–Kier alpha value is -1.81. The van der Waals surface area contributed by atoms with Crippen LogP contribution in [0.15, 0.2) is 30.5 Å². The molecule has 0 bridgehead atoms. The van der Waals surface area contributed by atoms with Gasteiger partial charge in [-0.2, -0.15) is 0 Å². The third kappa shape index (κ3) is 2.95. The molecule has 2 heterocycles. The second-order valence-corrected chi connectivity index (χ2v) is 5.69. The van der Waals surface area contributed by atoms with E-state index in [1.165, 1.54) is 18.6 Å². The predicted octanol–water partition coefficient (Wildman–Crippen LogP) is 4.10. The average molecular weight is 307 g/mol. The summed E-state index contributed by atoms with van der Waals surface area (Å²) in [5.74, 6) is -0.358. The van der Waals surface area contributed by atoms with Gasteiger partial charge in [-0.05, 0) is 43.5 Å². The van der Waals surface area contributed by atoms with E-state index in [1.807, 2.05) is 4.90 Å². The topological polar surface area (TPSA) is 36.1 Å². The van der Waals surface area contributed by atoms with Gasteiger partial charge in [0, 0.05) is 30.4 Å². The Bertz CT molecular complexity index is 662. The van der Waals surface area contributed by atoms with Crippen LogP contribution in [0.3, 0.4) is 0 Å². The molecule has 1 aliphatic heterocycles. The lowest BCUT2D eigenvalue weighted by Gasteiger charge is -2.26. The normalized spacial score (nSPS) is 15.2. The van der Waals surface area contributed by atoms with Crippen LogP contribution in [0.4, 0.5) is 4.39 Å². The summed E-state index contributed by atoms with van der Waals surface area (Å²) in [5, 5.41) is 0.339. The molecule has 5 heteroatoms. The standard InChI is InChI=1S/C16H16ClFN2O/c17-14-9-12(18)4-5-13(14)11-8-15(19-10-11)16(21)20-6-2-1-3-7-20/h4-5,8-10,19H,1-3,6-7H2. The minimum Gasteiger partial charge on any atom is -0.357 e. The highest BCUT2D eigenvalue weighted by molar-refractivity contribution is 6.33. The fourth-order valence-corrected chi connectivity index (χ4v) is 2.94. The number of halogens is 2. The molecule has 0 unspecified atom stereocenters. The maximum Gasteiger partial charge on any atom is 0.270 e. The summed E-state index contributed by atoms with van der Waals surface area (Å²) >= 11 is 6.05. The highest BCUT2D eigenvalue weighted by Gasteiger charge is 2.20. The van der Waals surface area contributed by atoms with E-state index in [4.69, 9.17) is 11.6 Å². The smallest absolute Gasteiger partial charge is 0.270 e. The molecular formula is C16H16ClFN2O. The number of likely N-dealkylation sites (tertiary alicyclic amines) is 1. The van der Waals surface area contributed by atoms with Crippen LogP contribution in [0.5, 0.6) is 0 Å². The molecule has 1 N–H and O–H groups in total. The van der Waals surface area contributed by atoms with Crippen molar-refractivity contribution in [3.05, 3.63) is 47.0 Å². The Labute approximate surface area is 127 Å². The van der Waals surface area contributed by atoms with Crippen molar-refractivity contribution in [3.63, 3.8) is 0 Å². The molecule has 1 aromatic carbocycles. The molecule has 0 saturated carbocycles. The van der Waals surface area contributed by atoms with Gasteiger partial charge in [-0.3, -0.25) is 4.79 Å². The summed E-state index contributed by atoms with van der Waals surface area (Å²) < 4.78 is 13.1. The molecule has 1 aromatic heterocycles. The zero-order valence-electron chi connectivity index (χ0n) is 11.5. The molecule has 21 heavy (non-hydrogen) atoms. The molecule has 0 aliphatic carbocycles. The number of carbonyl (C=O) groups is 1. The number of H-pyrrole nitrogens is 1. The summed E-state index contributed by atoms with van der Waals surface area (Å²) in [4.78, 5) is 17.3. The molecule has 1 amide bonds. The van der Waals surface area contributed by atoms with E-state index in [2.05, 4.69) is 4.98 Å². The van der Waals surface area contributed by atoms with Gasteiger partial charge in [0.05, 0.1) is 5.02 Å². The molecule has 3 nitrogen and oxygen atoms in total. The SMILES string of the molecule is O=C(c1cc(-c2ccc(F)cc2Cl)c[nH]1)N1CCCCC1. The highest BCUT2D eigenvalue weighted by Crippen LogP contribution is 2.29. The number of nitrogens with one attached hydrogen (secondary N) is 1. The number of piperidine rings is 1. The Kier molecular flexibility index (Phi) is 3.97. The van der Waals surface area contributed by atoms with Crippen LogP contribution in [0.2, 0.25) is 5.02 Å².